The zero-order chi connectivity index (χ0) is 19.6. The number of carbonyl (C=O) groups is 1. The lowest BCUT2D eigenvalue weighted by Crippen LogP contribution is -2.16. The maximum Gasteiger partial charge on any atom is 0.254 e. The molecule has 0 aliphatic heterocycles. The van der Waals surface area contributed by atoms with Crippen LogP contribution in [0, 0.1) is 11.6 Å². The number of primary amides is 1. The van der Waals surface area contributed by atoms with Crippen molar-refractivity contribution < 1.29 is 22.8 Å². The number of amides is 1. The Labute approximate surface area is 154 Å². The van der Waals surface area contributed by atoms with Gasteiger partial charge in [0.15, 0.2) is 17.3 Å². The van der Waals surface area contributed by atoms with E-state index in [1.807, 2.05) is 24.3 Å². The highest BCUT2D eigenvalue weighted by molar-refractivity contribution is 5.93. The van der Waals surface area contributed by atoms with Crippen LogP contribution in [0.3, 0.4) is 0 Å². The fraction of sp³-hybridized carbons (Fsp3) is 0.200. The van der Waals surface area contributed by atoms with Crippen molar-refractivity contribution >= 4 is 5.91 Å². The van der Waals surface area contributed by atoms with Crippen LogP contribution in [0.25, 0.3) is 11.3 Å². The Morgan fingerprint density at radius 2 is 1.89 bits per heavy atom. The molecule has 2 aromatic carbocycles. The van der Waals surface area contributed by atoms with E-state index >= 15 is 0 Å². The smallest absolute Gasteiger partial charge is 0.254 e. The maximum absolute atomic E-state index is 14.1. The molecule has 0 atom stereocenters. The number of benzene rings is 2. The van der Waals surface area contributed by atoms with Gasteiger partial charge in [-0.2, -0.15) is 0 Å². The van der Waals surface area contributed by atoms with Gasteiger partial charge in [-0.05, 0) is 23.6 Å². The lowest BCUT2D eigenvalue weighted by atomic mass is 10.0. The monoisotopic (exact) mass is 372 g/mol. The molecule has 0 radical (unpaired) electrons. The fourth-order valence-electron chi connectivity index (χ4n) is 2.58. The molecule has 0 saturated carbocycles. The van der Waals surface area contributed by atoms with E-state index in [1.54, 1.807) is 6.07 Å². The van der Waals surface area contributed by atoms with Gasteiger partial charge in [-0.3, -0.25) is 4.79 Å². The Morgan fingerprint density at radius 3 is 2.52 bits per heavy atom. The van der Waals surface area contributed by atoms with Crippen molar-refractivity contribution in [1.29, 1.82) is 0 Å². The second-order valence-electron chi connectivity index (χ2n) is 6.34. The molecule has 3 rings (SSSR count). The van der Waals surface area contributed by atoms with Crippen LogP contribution in [0.4, 0.5) is 8.78 Å². The highest BCUT2D eigenvalue weighted by Gasteiger charge is 2.19. The molecule has 0 spiro atoms. The second kappa shape index (κ2) is 7.57. The molecule has 7 heteroatoms. The average Bonchev–Trinajstić information content (AvgIpc) is 3.10. The third kappa shape index (κ3) is 3.97. The van der Waals surface area contributed by atoms with Crippen LogP contribution in [-0.4, -0.2) is 11.1 Å². The van der Waals surface area contributed by atoms with Crippen molar-refractivity contribution in [3.8, 4) is 17.0 Å². The van der Waals surface area contributed by atoms with Crippen molar-refractivity contribution in [3.63, 3.8) is 0 Å². The minimum absolute atomic E-state index is 0.141. The highest BCUT2D eigenvalue weighted by Crippen LogP contribution is 2.26. The summed E-state index contributed by atoms with van der Waals surface area (Å²) < 4.78 is 38.1. The lowest BCUT2D eigenvalue weighted by molar-refractivity contribution is 0.0991. The van der Waals surface area contributed by atoms with Gasteiger partial charge in [0.25, 0.3) is 5.91 Å². The largest absolute Gasteiger partial charge is 0.482 e. The number of aromatic nitrogens is 1. The summed E-state index contributed by atoms with van der Waals surface area (Å²) in [5, 5.41) is 3.97. The number of ether oxygens (including phenoxy) is 1. The SMILES string of the molecule is CC(C)c1ccc(-c2cc(COc3ccc(F)c(C(N)=O)c3F)on2)cc1. The molecule has 5 nitrogen and oxygen atoms in total. The second-order valence-corrected chi connectivity index (χ2v) is 6.34. The molecule has 140 valence electrons. The molecule has 27 heavy (non-hydrogen) atoms. The number of hydrogen-bond acceptors (Lipinski definition) is 4. The van der Waals surface area contributed by atoms with Gasteiger partial charge in [0.1, 0.15) is 23.7 Å². The summed E-state index contributed by atoms with van der Waals surface area (Å²) in [4.78, 5) is 11.2. The average molecular weight is 372 g/mol. The molecule has 0 aliphatic carbocycles. The minimum Gasteiger partial charge on any atom is -0.482 e. The van der Waals surface area contributed by atoms with Crippen molar-refractivity contribution in [2.24, 2.45) is 5.73 Å². The van der Waals surface area contributed by atoms with Gasteiger partial charge < -0.3 is 15.0 Å². The first kappa shape index (κ1) is 18.6. The van der Waals surface area contributed by atoms with Crippen molar-refractivity contribution in [2.45, 2.75) is 26.4 Å². The number of nitrogens with two attached hydrogens (primary N) is 1. The third-order valence-corrected chi connectivity index (χ3v) is 4.10. The molecule has 0 aliphatic rings. The summed E-state index contributed by atoms with van der Waals surface area (Å²) in [6, 6.07) is 11.6. The number of hydrogen-bond donors (Lipinski definition) is 1. The molecule has 0 unspecified atom stereocenters. The summed E-state index contributed by atoms with van der Waals surface area (Å²) in [6.07, 6.45) is 0. The maximum atomic E-state index is 14.1. The third-order valence-electron chi connectivity index (χ3n) is 4.10. The first-order chi connectivity index (χ1) is 12.9. The Hall–Kier alpha value is -3.22. The van der Waals surface area contributed by atoms with Gasteiger partial charge in [0.2, 0.25) is 0 Å². The molecule has 1 aromatic heterocycles. The Bertz CT molecular complexity index is 966. The van der Waals surface area contributed by atoms with Crippen LogP contribution in [0.1, 0.15) is 41.4 Å². The summed E-state index contributed by atoms with van der Waals surface area (Å²) in [5.74, 6) is -2.92. The van der Waals surface area contributed by atoms with Gasteiger partial charge in [-0.25, -0.2) is 8.78 Å². The van der Waals surface area contributed by atoms with Crippen molar-refractivity contribution in [2.75, 3.05) is 0 Å². The first-order valence-electron chi connectivity index (χ1n) is 8.33. The van der Waals surface area contributed by atoms with Crippen LogP contribution < -0.4 is 10.5 Å². The molecule has 3 aromatic rings. The van der Waals surface area contributed by atoms with E-state index in [2.05, 4.69) is 19.0 Å². The lowest BCUT2D eigenvalue weighted by Gasteiger charge is -2.08. The van der Waals surface area contributed by atoms with E-state index in [0.717, 1.165) is 17.7 Å². The summed E-state index contributed by atoms with van der Waals surface area (Å²) in [7, 11) is 0. The Balaban J connectivity index is 1.73. The van der Waals surface area contributed by atoms with E-state index in [1.165, 1.54) is 5.56 Å². The minimum atomic E-state index is -1.21. The zero-order valence-corrected chi connectivity index (χ0v) is 14.8. The van der Waals surface area contributed by atoms with Gasteiger partial charge >= 0.3 is 0 Å². The van der Waals surface area contributed by atoms with Gasteiger partial charge in [0, 0.05) is 11.6 Å². The van der Waals surface area contributed by atoms with Crippen LogP contribution in [0.2, 0.25) is 0 Å². The van der Waals surface area contributed by atoms with Crippen molar-refractivity contribution in [3.05, 3.63) is 71.0 Å². The van der Waals surface area contributed by atoms with Gasteiger partial charge in [0.05, 0.1) is 0 Å². The zero-order valence-electron chi connectivity index (χ0n) is 14.8. The molecule has 1 amide bonds. The van der Waals surface area contributed by atoms with Crippen LogP contribution in [0.15, 0.2) is 47.0 Å². The molecular formula is C20H18F2N2O3. The molecular weight excluding hydrogens is 354 g/mol. The quantitative estimate of drug-likeness (QED) is 0.695. The van der Waals surface area contributed by atoms with E-state index in [9.17, 15) is 13.6 Å². The van der Waals surface area contributed by atoms with Crippen LogP contribution >= 0.6 is 0 Å². The van der Waals surface area contributed by atoms with E-state index in [0.29, 0.717) is 17.4 Å². The van der Waals surface area contributed by atoms with Crippen LogP contribution in [0.5, 0.6) is 5.75 Å². The molecule has 0 bridgehead atoms. The Kier molecular flexibility index (Phi) is 5.21. The van der Waals surface area contributed by atoms with Crippen LogP contribution in [-0.2, 0) is 6.61 Å². The molecule has 0 fully saturated rings. The predicted molar refractivity (Wildman–Crippen MR) is 95.2 cm³/mol. The number of carbonyl (C=O) groups excluding carboxylic acids is 1. The van der Waals surface area contributed by atoms with E-state index in [-0.39, 0.29) is 12.4 Å². The summed E-state index contributed by atoms with van der Waals surface area (Å²) >= 11 is 0. The van der Waals surface area contributed by atoms with Crippen molar-refractivity contribution in [1.82, 2.24) is 5.16 Å². The number of rotatable bonds is 6. The fourth-order valence-corrected chi connectivity index (χ4v) is 2.58. The number of nitrogens with zero attached hydrogens (tertiary/aromatic N) is 1. The molecule has 0 saturated heterocycles. The first-order valence-corrected chi connectivity index (χ1v) is 8.33. The van der Waals surface area contributed by atoms with E-state index < -0.39 is 23.1 Å². The molecule has 2 N–H and O–H groups in total. The topological polar surface area (TPSA) is 78.4 Å². The standard InChI is InChI=1S/C20H18F2N2O3/c1-11(2)12-3-5-13(6-4-12)16-9-14(27-24-16)10-26-17-8-7-15(21)18(19(17)22)20(23)25/h3-9,11H,10H2,1-2H3,(H2,23,25). The molecule has 1 heterocycles. The van der Waals surface area contributed by atoms with Gasteiger partial charge in [-0.1, -0.05) is 43.3 Å². The summed E-state index contributed by atoms with van der Waals surface area (Å²) in [6.45, 7) is 4.08. The predicted octanol–water partition coefficient (Wildman–Crippen LogP) is 4.42. The Morgan fingerprint density at radius 1 is 1.19 bits per heavy atom. The highest BCUT2D eigenvalue weighted by atomic mass is 19.1. The number of halogens is 2. The normalized spacial score (nSPS) is 11.0. The summed E-state index contributed by atoms with van der Waals surface area (Å²) in [5.41, 5.74) is 6.85. The van der Waals surface area contributed by atoms with Gasteiger partial charge in [-0.15, -0.1) is 0 Å². The van der Waals surface area contributed by atoms with E-state index in [4.69, 9.17) is 15.0 Å².